The van der Waals surface area contributed by atoms with E-state index in [1.165, 1.54) is 19.3 Å². The molecule has 7 nitrogen and oxygen atoms in total. The average Bonchev–Trinajstić information content (AvgIpc) is 2.82. The van der Waals surface area contributed by atoms with E-state index in [1.807, 2.05) is 42.5 Å². The standard InChI is InChI=1S/C24H28N6O/c25-23(31)22(18-7-6-12-26-17-18)20-9-10-21(30-15-4-1-5-16-30)29-24(20)28-14-11-19-8-2-3-13-27-19/h2-3,6-10,12-13,17,22H,1,4-5,11,14-16H2,(H2,25,31)(H,28,29). The van der Waals surface area contributed by atoms with E-state index in [-0.39, 0.29) is 0 Å². The van der Waals surface area contributed by atoms with E-state index in [2.05, 4.69) is 20.2 Å². The fourth-order valence-corrected chi connectivity index (χ4v) is 4.03. The first kappa shape index (κ1) is 20.8. The number of anilines is 2. The first-order valence-corrected chi connectivity index (χ1v) is 10.8. The molecule has 1 atom stereocenters. The van der Waals surface area contributed by atoms with Crippen LogP contribution in [0.5, 0.6) is 0 Å². The van der Waals surface area contributed by atoms with Gasteiger partial charge in [0.2, 0.25) is 5.91 Å². The van der Waals surface area contributed by atoms with Gasteiger partial charge in [-0.3, -0.25) is 14.8 Å². The van der Waals surface area contributed by atoms with Crippen LogP contribution in [0.3, 0.4) is 0 Å². The highest BCUT2D eigenvalue weighted by atomic mass is 16.1. The topological polar surface area (TPSA) is 97.0 Å². The minimum absolute atomic E-state index is 0.423. The molecule has 1 fully saturated rings. The first-order chi connectivity index (χ1) is 15.2. The van der Waals surface area contributed by atoms with Crippen LogP contribution in [0.15, 0.2) is 61.1 Å². The minimum atomic E-state index is -0.617. The molecule has 1 unspecified atom stereocenters. The molecule has 0 aliphatic carbocycles. The highest BCUT2D eigenvalue weighted by molar-refractivity contribution is 5.87. The van der Waals surface area contributed by atoms with Gasteiger partial charge < -0.3 is 16.0 Å². The molecule has 0 saturated carbocycles. The summed E-state index contributed by atoms with van der Waals surface area (Å²) in [5.74, 6) is 0.576. The molecule has 4 rings (SSSR count). The van der Waals surface area contributed by atoms with E-state index in [4.69, 9.17) is 10.7 Å². The van der Waals surface area contributed by atoms with Gasteiger partial charge in [0.15, 0.2) is 0 Å². The molecule has 3 aromatic heterocycles. The van der Waals surface area contributed by atoms with Gasteiger partial charge in [0.05, 0.1) is 5.92 Å². The third-order valence-corrected chi connectivity index (χ3v) is 5.60. The van der Waals surface area contributed by atoms with E-state index in [9.17, 15) is 4.79 Å². The zero-order valence-electron chi connectivity index (χ0n) is 17.6. The number of nitrogens with two attached hydrogens (primary N) is 1. The van der Waals surface area contributed by atoms with Crippen LogP contribution in [0.25, 0.3) is 0 Å². The monoisotopic (exact) mass is 416 g/mol. The fourth-order valence-electron chi connectivity index (χ4n) is 4.03. The van der Waals surface area contributed by atoms with Crippen LogP contribution in [0, 0.1) is 0 Å². The summed E-state index contributed by atoms with van der Waals surface area (Å²) in [6.45, 7) is 2.65. The lowest BCUT2D eigenvalue weighted by atomic mass is 9.92. The lowest BCUT2D eigenvalue weighted by Gasteiger charge is -2.29. The SMILES string of the molecule is NC(=O)C(c1cccnc1)c1ccc(N2CCCCC2)nc1NCCc1ccccn1. The van der Waals surface area contributed by atoms with Gasteiger partial charge in [-0.05, 0) is 49.1 Å². The predicted molar refractivity (Wildman–Crippen MR) is 122 cm³/mol. The molecule has 1 aliphatic heterocycles. The molecule has 0 radical (unpaired) electrons. The Kier molecular flexibility index (Phi) is 6.72. The number of pyridine rings is 3. The van der Waals surface area contributed by atoms with E-state index in [1.54, 1.807) is 18.6 Å². The summed E-state index contributed by atoms with van der Waals surface area (Å²) in [7, 11) is 0. The molecular formula is C24H28N6O. The van der Waals surface area contributed by atoms with Crippen molar-refractivity contribution >= 4 is 17.5 Å². The molecule has 1 amide bonds. The van der Waals surface area contributed by atoms with Gasteiger partial charge in [0.1, 0.15) is 11.6 Å². The molecule has 0 bridgehead atoms. The van der Waals surface area contributed by atoms with Crippen LogP contribution in [-0.4, -0.2) is 40.5 Å². The summed E-state index contributed by atoms with van der Waals surface area (Å²) in [4.78, 5) is 28.2. The molecule has 3 aromatic rings. The van der Waals surface area contributed by atoms with Crippen molar-refractivity contribution < 1.29 is 4.79 Å². The number of nitrogens with one attached hydrogen (secondary N) is 1. The van der Waals surface area contributed by atoms with Gasteiger partial charge in [-0.2, -0.15) is 0 Å². The number of hydrogen-bond donors (Lipinski definition) is 2. The largest absolute Gasteiger partial charge is 0.369 e. The summed E-state index contributed by atoms with van der Waals surface area (Å²) < 4.78 is 0. The number of rotatable bonds is 8. The van der Waals surface area contributed by atoms with Crippen LogP contribution in [0.4, 0.5) is 11.6 Å². The third kappa shape index (κ3) is 5.17. The van der Waals surface area contributed by atoms with Crippen molar-refractivity contribution in [3.63, 3.8) is 0 Å². The van der Waals surface area contributed by atoms with Gasteiger partial charge in [0.25, 0.3) is 0 Å². The predicted octanol–water partition coefficient (Wildman–Crippen LogP) is 3.13. The van der Waals surface area contributed by atoms with Crippen molar-refractivity contribution in [2.24, 2.45) is 5.73 Å². The van der Waals surface area contributed by atoms with E-state index >= 15 is 0 Å². The Morgan fingerprint density at radius 1 is 1.06 bits per heavy atom. The van der Waals surface area contributed by atoms with E-state index < -0.39 is 11.8 Å². The highest BCUT2D eigenvalue weighted by Gasteiger charge is 2.25. The Balaban J connectivity index is 1.64. The zero-order valence-corrected chi connectivity index (χ0v) is 17.6. The Hall–Kier alpha value is -3.48. The second-order valence-electron chi connectivity index (χ2n) is 7.77. The first-order valence-electron chi connectivity index (χ1n) is 10.8. The smallest absolute Gasteiger partial charge is 0.229 e. The molecule has 160 valence electrons. The lowest BCUT2D eigenvalue weighted by Crippen LogP contribution is -2.31. The average molecular weight is 417 g/mol. The highest BCUT2D eigenvalue weighted by Crippen LogP contribution is 2.31. The summed E-state index contributed by atoms with van der Waals surface area (Å²) in [5, 5.41) is 3.44. The number of aromatic nitrogens is 3. The molecule has 1 saturated heterocycles. The van der Waals surface area contributed by atoms with E-state index in [0.717, 1.165) is 42.1 Å². The Morgan fingerprint density at radius 3 is 2.65 bits per heavy atom. The van der Waals surface area contributed by atoms with E-state index in [0.29, 0.717) is 12.4 Å². The molecule has 1 aliphatic rings. The number of carbonyl (C=O) groups is 1. The second-order valence-corrected chi connectivity index (χ2v) is 7.77. The molecule has 0 spiro atoms. The summed E-state index contributed by atoms with van der Waals surface area (Å²) in [6.07, 6.45) is 9.52. The number of hydrogen-bond acceptors (Lipinski definition) is 6. The van der Waals surface area contributed by atoms with Crippen molar-refractivity contribution in [2.75, 3.05) is 29.9 Å². The van der Waals surface area contributed by atoms with Gasteiger partial charge in [0, 0.05) is 55.9 Å². The number of primary amides is 1. The molecule has 3 N–H and O–H groups in total. The van der Waals surface area contributed by atoms with Gasteiger partial charge in [-0.25, -0.2) is 4.98 Å². The molecule has 0 aromatic carbocycles. The molecule has 31 heavy (non-hydrogen) atoms. The molecular weight excluding hydrogens is 388 g/mol. The van der Waals surface area contributed by atoms with Crippen LogP contribution >= 0.6 is 0 Å². The molecule has 7 heteroatoms. The summed E-state index contributed by atoms with van der Waals surface area (Å²) in [6, 6.07) is 13.5. The minimum Gasteiger partial charge on any atom is -0.369 e. The number of piperidine rings is 1. The van der Waals surface area contributed by atoms with Crippen molar-refractivity contribution in [3.05, 3.63) is 77.9 Å². The van der Waals surface area contributed by atoms with Gasteiger partial charge in [-0.15, -0.1) is 0 Å². The Bertz CT molecular complexity index is 989. The number of carbonyl (C=O) groups excluding carboxylic acids is 1. The van der Waals surface area contributed by atoms with Gasteiger partial charge >= 0.3 is 0 Å². The van der Waals surface area contributed by atoms with Crippen molar-refractivity contribution in [1.29, 1.82) is 0 Å². The summed E-state index contributed by atoms with van der Waals surface area (Å²) in [5.41, 5.74) is 8.36. The number of nitrogens with zero attached hydrogens (tertiary/aromatic N) is 4. The quantitative estimate of drug-likeness (QED) is 0.586. The second kappa shape index (κ2) is 10.0. The van der Waals surface area contributed by atoms with Crippen molar-refractivity contribution in [1.82, 2.24) is 15.0 Å². The maximum Gasteiger partial charge on any atom is 0.229 e. The Labute approximate surface area is 182 Å². The van der Waals surface area contributed by atoms with Crippen LogP contribution in [-0.2, 0) is 11.2 Å². The van der Waals surface area contributed by atoms with Crippen molar-refractivity contribution in [3.8, 4) is 0 Å². The summed E-state index contributed by atoms with van der Waals surface area (Å²) >= 11 is 0. The van der Waals surface area contributed by atoms with Gasteiger partial charge in [-0.1, -0.05) is 18.2 Å². The Morgan fingerprint density at radius 2 is 1.94 bits per heavy atom. The van der Waals surface area contributed by atoms with Crippen LogP contribution < -0.4 is 16.0 Å². The zero-order chi connectivity index (χ0) is 21.5. The van der Waals surface area contributed by atoms with Crippen LogP contribution in [0.2, 0.25) is 0 Å². The maximum absolute atomic E-state index is 12.5. The maximum atomic E-state index is 12.5. The van der Waals surface area contributed by atoms with Crippen LogP contribution in [0.1, 0.15) is 42.0 Å². The molecule has 4 heterocycles. The lowest BCUT2D eigenvalue weighted by molar-refractivity contribution is -0.118. The third-order valence-electron chi connectivity index (χ3n) is 5.60. The van der Waals surface area contributed by atoms with Crippen molar-refractivity contribution in [2.45, 2.75) is 31.6 Å². The number of amides is 1. The normalized spacial score (nSPS) is 14.8. The fraction of sp³-hybridized carbons (Fsp3) is 0.333.